The van der Waals surface area contributed by atoms with E-state index in [-0.39, 0.29) is 18.0 Å². The van der Waals surface area contributed by atoms with Crippen molar-refractivity contribution in [1.29, 1.82) is 0 Å². The van der Waals surface area contributed by atoms with Crippen LogP contribution < -0.4 is 0 Å². The molecule has 2 rings (SSSR count). The van der Waals surface area contributed by atoms with Gasteiger partial charge in [-0.05, 0) is 0 Å². The lowest BCUT2D eigenvalue weighted by molar-refractivity contribution is -0.143. The zero-order valence-electron chi connectivity index (χ0n) is 9.51. The number of carbonyl (C=O) groups is 1. The zero-order chi connectivity index (χ0) is 12.8. The molecule has 0 bridgehead atoms. The summed E-state index contributed by atoms with van der Waals surface area (Å²) in [5, 5.41) is 3.51. The lowest BCUT2D eigenvalue weighted by Gasteiger charge is -2.26. The van der Waals surface area contributed by atoms with Crippen molar-refractivity contribution in [3.63, 3.8) is 0 Å². The smallest absolute Gasteiger partial charge is 0.338 e. The van der Waals surface area contributed by atoms with E-state index in [0.717, 1.165) is 0 Å². The van der Waals surface area contributed by atoms with Gasteiger partial charge in [0.15, 0.2) is 5.69 Å². The van der Waals surface area contributed by atoms with Gasteiger partial charge in [-0.3, -0.25) is 9.48 Å². The van der Waals surface area contributed by atoms with E-state index in [1.54, 1.807) is 0 Å². The Hall–Kier alpha value is -1.53. The van der Waals surface area contributed by atoms with E-state index in [4.69, 9.17) is 0 Å². The molecule has 0 fully saturated rings. The first-order valence-corrected chi connectivity index (χ1v) is 5.18. The number of aryl methyl sites for hydroxylation is 1. The highest BCUT2D eigenvalue weighted by molar-refractivity contribution is 5.73. The van der Waals surface area contributed by atoms with Crippen molar-refractivity contribution in [3.05, 3.63) is 17.0 Å². The van der Waals surface area contributed by atoms with E-state index < -0.39 is 11.9 Å². The number of aromatic nitrogens is 2. The third-order valence-corrected chi connectivity index (χ3v) is 2.96. The second-order valence-electron chi connectivity index (χ2n) is 4.09. The molecule has 17 heavy (non-hydrogen) atoms. The van der Waals surface area contributed by atoms with Gasteiger partial charge < -0.3 is 4.90 Å². The van der Waals surface area contributed by atoms with Crippen molar-refractivity contribution >= 4 is 5.91 Å². The van der Waals surface area contributed by atoms with E-state index in [1.165, 1.54) is 23.6 Å². The van der Waals surface area contributed by atoms with Gasteiger partial charge in [-0.1, -0.05) is 0 Å². The maximum absolute atomic E-state index is 12.7. The highest BCUT2D eigenvalue weighted by Gasteiger charge is 2.40. The molecule has 1 aliphatic heterocycles. The number of hydrogen-bond donors (Lipinski definition) is 0. The van der Waals surface area contributed by atoms with E-state index in [2.05, 4.69) is 5.10 Å². The van der Waals surface area contributed by atoms with E-state index >= 15 is 0 Å². The number of alkyl halides is 3. The normalized spacial score (nSPS) is 15.9. The molecule has 1 amide bonds. The van der Waals surface area contributed by atoms with Crippen LogP contribution in [0.2, 0.25) is 0 Å². The van der Waals surface area contributed by atoms with Gasteiger partial charge >= 0.3 is 6.18 Å². The fourth-order valence-corrected chi connectivity index (χ4v) is 2.09. The van der Waals surface area contributed by atoms with Crippen molar-refractivity contribution < 1.29 is 18.0 Å². The third kappa shape index (κ3) is 2.01. The molecule has 0 spiro atoms. The number of amides is 1. The van der Waals surface area contributed by atoms with Gasteiger partial charge in [0, 0.05) is 44.7 Å². The van der Waals surface area contributed by atoms with Gasteiger partial charge in [-0.25, -0.2) is 0 Å². The Morgan fingerprint density at radius 1 is 1.41 bits per heavy atom. The molecule has 0 radical (unpaired) electrons. The van der Waals surface area contributed by atoms with E-state index in [1.807, 2.05) is 0 Å². The predicted molar refractivity (Wildman–Crippen MR) is 53.0 cm³/mol. The summed E-state index contributed by atoms with van der Waals surface area (Å²) in [4.78, 5) is 12.6. The van der Waals surface area contributed by atoms with Gasteiger partial charge in [0.1, 0.15) is 0 Å². The average Bonchev–Trinajstić information content (AvgIpc) is 2.55. The zero-order valence-corrected chi connectivity index (χ0v) is 9.51. The van der Waals surface area contributed by atoms with Crippen molar-refractivity contribution in [1.82, 2.24) is 14.7 Å². The summed E-state index contributed by atoms with van der Waals surface area (Å²) in [5.41, 5.74) is -0.183. The average molecular weight is 247 g/mol. The molecular weight excluding hydrogens is 235 g/mol. The lowest BCUT2D eigenvalue weighted by atomic mass is 10.0. The number of hydrogen-bond acceptors (Lipinski definition) is 2. The molecule has 0 saturated carbocycles. The van der Waals surface area contributed by atoms with Crippen LogP contribution in [0.25, 0.3) is 0 Å². The predicted octanol–water partition coefficient (Wildman–Crippen LogP) is 1.34. The minimum absolute atomic E-state index is 0.00660. The van der Waals surface area contributed by atoms with Crippen LogP contribution in [-0.4, -0.2) is 27.1 Å². The topological polar surface area (TPSA) is 38.1 Å². The fraction of sp³-hybridized carbons (Fsp3) is 0.600. The first-order chi connectivity index (χ1) is 7.80. The number of halogens is 3. The molecule has 0 aromatic carbocycles. The third-order valence-electron chi connectivity index (χ3n) is 2.96. The Kier molecular flexibility index (Phi) is 2.63. The molecule has 0 atom stereocenters. The van der Waals surface area contributed by atoms with Gasteiger partial charge in [0.2, 0.25) is 5.91 Å². The van der Waals surface area contributed by atoms with E-state index in [0.29, 0.717) is 18.7 Å². The quantitative estimate of drug-likeness (QED) is 0.694. The van der Waals surface area contributed by atoms with Gasteiger partial charge in [0.05, 0.1) is 0 Å². The van der Waals surface area contributed by atoms with Crippen LogP contribution >= 0.6 is 0 Å². The molecule has 7 heteroatoms. The molecular formula is C10H12F3N3O. The molecule has 4 nitrogen and oxygen atoms in total. The number of nitrogens with zero attached hydrogens (tertiary/aromatic N) is 3. The minimum atomic E-state index is -4.47. The number of rotatable bonds is 0. The summed E-state index contributed by atoms with van der Waals surface area (Å²) < 4.78 is 39.5. The van der Waals surface area contributed by atoms with Crippen LogP contribution in [-0.2, 0) is 31.0 Å². The highest BCUT2D eigenvalue weighted by Crippen LogP contribution is 2.34. The number of carbonyl (C=O) groups excluding carboxylic acids is 1. The second-order valence-corrected chi connectivity index (χ2v) is 4.09. The van der Waals surface area contributed by atoms with Gasteiger partial charge in [-0.2, -0.15) is 18.3 Å². The molecule has 0 N–H and O–H groups in total. The first kappa shape index (κ1) is 11.9. The maximum atomic E-state index is 12.7. The largest absolute Gasteiger partial charge is 0.435 e. The maximum Gasteiger partial charge on any atom is 0.435 e. The highest BCUT2D eigenvalue weighted by atomic mass is 19.4. The molecule has 1 aliphatic rings. The van der Waals surface area contributed by atoms with Gasteiger partial charge in [-0.15, -0.1) is 0 Å². The monoisotopic (exact) mass is 247 g/mol. The van der Waals surface area contributed by atoms with Crippen LogP contribution in [0.4, 0.5) is 13.2 Å². The Bertz CT molecular complexity index is 464. The second kappa shape index (κ2) is 3.75. The fourth-order valence-electron chi connectivity index (χ4n) is 2.09. The standard InChI is InChI=1S/C10H12F3N3O/c1-6(17)16-4-3-8-7(5-16)9(10(11,12)13)14-15(8)2/h3-5H2,1-2H3. The molecule has 1 aromatic rings. The molecule has 1 aromatic heterocycles. The minimum Gasteiger partial charge on any atom is -0.338 e. The molecule has 0 unspecified atom stereocenters. The summed E-state index contributed by atoms with van der Waals surface area (Å²) in [6.45, 7) is 1.79. The summed E-state index contributed by atoms with van der Waals surface area (Å²) in [7, 11) is 1.50. The van der Waals surface area contributed by atoms with Crippen LogP contribution in [0.1, 0.15) is 23.9 Å². The van der Waals surface area contributed by atoms with Crippen molar-refractivity contribution in [2.45, 2.75) is 26.1 Å². The summed E-state index contributed by atoms with van der Waals surface area (Å²) >= 11 is 0. The van der Waals surface area contributed by atoms with Crippen LogP contribution in [0.3, 0.4) is 0 Å². The molecule has 0 aliphatic carbocycles. The van der Waals surface area contributed by atoms with Gasteiger partial charge in [0.25, 0.3) is 0 Å². The van der Waals surface area contributed by atoms with Crippen LogP contribution in [0.5, 0.6) is 0 Å². The first-order valence-electron chi connectivity index (χ1n) is 5.18. The summed E-state index contributed by atoms with van der Waals surface area (Å²) in [6, 6.07) is 0. The van der Waals surface area contributed by atoms with E-state index in [9.17, 15) is 18.0 Å². The Labute approximate surface area is 96.0 Å². The molecule has 94 valence electrons. The van der Waals surface area contributed by atoms with Crippen LogP contribution in [0, 0.1) is 0 Å². The van der Waals surface area contributed by atoms with Crippen molar-refractivity contribution in [2.75, 3.05) is 6.54 Å². The number of fused-ring (bicyclic) bond motifs is 1. The molecule has 0 saturated heterocycles. The van der Waals surface area contributed by atoms with Crippen molar-refractivity contribution in [2.24, 2.45) is 7.05 Å². The Morgan fingerprint density at radius 3 is 2.59 bits per heavy atom. The summed E-state index contributed by atoms with van der Waals surface area (Å²) in [5.74, 6) is -0.215. The summed E-state index contributed by atoms with van der Waals surface area (Å²) in [6.07, 6.45) is -4.06. The van der Waals surface area contributed by atoms with Crippen LogP contribution in [0.15, 0.2) is 0 Å². The van der Waals surface area contributed by atoms with Crippen molar-refractivity contribution in [3.8, 4) is 0 Å². The Morgan fingerprint density at radius 2 is 2.06 bits per heavy atom. The Balaban J connectivity index is 2.44. The lowest BCUT2D eigenvalue weighted by Crippen LogP contribution is -2.35. The molecule has 2 heterocycles. The SMILES string of the molecule is CC(=O)N1CCc2c(c(C(F)(F)F)nn2C)C1.